The topological polar surface area (TPSA) is 183 Å². The molecule has 0 spiro atoms. The maximum atomic E-state index is 14.4. The first-order valence-electron chi connectivity index (χ1n) is 19.0. The summed E-state index contributed by atoms with van der Waals surface area (Å²) in [5.74, 6) is -4.24. The number of rotatable bonds is 8. The Hall–Kier alpha value is -6.82. The van der Waals surface area contributed by atoms with Gasteiger partial charge in [0.05, 0.1) is 0 Å². The monoisotopic (exact) mass is 767 g/mol. The average molecular weight is 768 g/mol. The smallest absolute Gasteiger partial charge is 0.326 e. The summed E-state index contributed by atoms with van der Waals surface area (Å²) in [6.07, 6.45) is 0.257. The van der Waals surface area contributed by atoms with E-state index in [1.54, 1.807) is 48.5 Å². The molecule has 12 nitrogen and oxygen atoms in total. The van der Waals surface area contributed by atoms with Crippen LogP contribution in [0.4, 0.5) is 5.69 Å². The van der Waals surface area contributed by atoms with E-state index >= 15 is 0 Å². The van der Waals surface area contributed by atoms with Crippen LogP contribution in [0.25, 0.3) is 10.8 Å². The number of benzene rings is 5. The second-order valence-corrected chi connectivity index (χ2v) is 14.2. The van der Waals surface area contributed by atoms with Crippen LogP contribution in [-0.2, 0) is 54.5 Å². The lowest BCUT2D eigenvalue weighted by Crippen LogP contribution is -2.59. The molecule has 0 radical (unpaired) electrons. The van der Waals surface area contributed by atoms with Crippen LogP contribution in [0.3, 0.4) is 0 Å². The maximum absolute atomic E-state index is 14.4. The normalized spacial score (nSPS) is 20.0. The predicted molar refractivity (Wildman–Crippen MR) is 216 cm³/mol. The molecule has 292 valence electrons. The van der Waals surface area contributed by atoms with E-state index in [-0.39, 0.29) is 38.5 Å². The standard InChI is InChI=1S/C45H45N5O7/c51-40-23-24-41(52)47-36(22-18-29-9-3-1-4-10-29)42(53)48-38(28-32-15-19-33-13-7-8-14-34(33)25-32)43(54)49-37(26-30-11-5-2-6-12-30)44(55)50-39(45(56)57)27-31-16-20-35(46-40)21-17-31/h1-17,19-21,25,36-39H,18,22-24,26-28H2,(H,46,51)(H,47,52)(H,48,53)(H,49,54)(H,50,55)(H,56,57)/t36-,37-,38+,39+/m1/s1. The third-order valence-electron chi connectivity index (χ3n) is 9.89. The van der Waals surface area contributed by atoms with Crippen LogP contribution in [0.5, 0.6) is 0 Å². The Morgan fingerprint density at radius 3 is 1.77 bits per heavy atom. The lowest BCUT2D eigenvalue weighted by Gasteiger charge is -2.26. The van der Waals surface area contributed by atoms with E-state index in [1.165, 1.54) is 0 Å². The molecule has 0 fully saturated rings. The number of fused-ring (bicyclic) bond motifs is 19. The van der Waals surface area contributed by atoms with Gasteiger partial charge >= 0.3 is 5.97 Å². The van der Waals surface area contributed by atoms with Gasteiger partial charge in [-0.3, -0.25) is 24.0 Å². The van der Waals surface area contributed by atoms with Crippen molar-refractivity contribution in [1.29, 1.82) is 0 Å². The lowest BCUT2D eigenvalue weighted by atomic mass is 9.99. The molecule has 0 saturated carbocycles. The molecule has 7 rings (SSSR count). The zero-order chi connectivity index (χ0) is 40.1. The van der Waals surface area contributed by atoms with Crippen LogP contribution in [0, 0.1) is 0 Å². The number of carbonyl (C=O) groups excluding carboxylic acids is 5. The van der Waals surface area contributed by atoms with Gasteiger partial charge in [-0.25, -0.2) is 4.79 Å². The zero-order valence-electron chi connectivity index (χ0n) is 31.3. The minimum absolute atomic E-state index is 0.0333. The fourth-order valence-electron chi connectivity index (χ4n) is 6.79. The summed E-state index contributed by atoms with van der Waals surface area (Å²) in [4.78, 5) is 81.2. The SMILES string of the molecule is O=C1CCC(=O)N[C@H](CCc2ccccc2)C(=O)N[C@@H](Cc2ccc3ccccc3c2)C(=O)N[C@H](Cc2ccccc2)C(=O)N[C@H](C(=O)O)Cc2ccc(cc2)N1. The van der Waals surface area contributed by atoms with E-state index in [2.05, 4.69) is 26.6 Å². The highest BCUT2D eigenvalue weighted by atomic mass is 16.4. The van der Waals surface area contributed by atoms with Gasteiger partial charge in [0.25, 0.3) is 0 Å². The summed E-state index contributed by atoms with van der Waals surface area (Å²) in [5, 5.41) is 25.9. The average Bonchev–Trinajstić information content (AvgIpc) is 3.21. The van der Waals surface area contributed by atoms with Gasteiger partial charge in [0.15, 0.2) is 0 Å². The van der Waals surface area contributed by atoms with Crippen LogP contribution in [0.1, 0.15) is 41.5 Å². The summed E-state index contributed by atoms with van der Waals surface area (Å²) in [5.41, 5.74) is 3.40. The number of carboxylic acid groups (broad SMARTS) is 1. The number of carbonyl (C=O) groups is 6. The second kappa shape index (κ2) is 19.2. The first-order valence-corrected chi connectivity index (χ1v) is 19.0. The Morgan fingerprint density at radius 1 is 0.544 bits per heavy atom. The van der Waals surface area contributed by atoms with Crippen molar-refractivity contribution in [2.75, 3.05) is 5.32 Å². The predicted octanol–water partition coefficient (Wildman–Crippen LogP) is 4.26. The highest BCUT2D eigenvalue weighted by Crippen LogP contribution is 2.18. The first kappa shape index (κ1) is 39.9. The molecule has 2 bridgehead atoms. The van der Waals surface area contributed by atoms with Crippen LogP contribution in [0.15, 0.2) is 127 Å². The molecular weight excluding hydrogens is 723 g/mol. The van der Waals surface area contributed by atoms with Crippen molar-refractivity contribution in [2.24, 2.45) is 0 Å². The van der Waals surface area contributed by atoms with Crippen molar-refractivity contribution in [3.05, 3.63) is 150 Å². The van der Waals surface area contributed by atoms with E-state index < -0.39 is 59.7 Å². The molecule has 2 aliphatic rings. The Balaban J connectivity index is 1.35. The summed E-state index contributed by atoms with van der Waals surface area (Å²) < 4.78 is 0. The number of nitrogens with one attached hydrogen (secondary N) is 5. The number of hydrogen-bond acceptors (Lipinski definition) is 6. The van der Waals surface area contributed by atoms with Crippen molar-refractivity contribution >= 4 is 52.0 Å². The number of amides is 5. The Bertz CT molecular complexity index is 2210. The fraction of sp³-hybridized carbons (Fsp3) is 0.244. The molecule has 5 amide bonds. The number of aliphatic carboxylic acids is 1. The van der Waals surface area contributed by atoms with E-state index in [4.69, 9.17) is 0 Å². The summed E-state index contributed by atoms with van der Waals surface area (Å²) in [7, 11) is 0. The highest BCUT2D eigenvalue weighted by molar-refractivity contribution is 5.97. The van der Waals surface area contributed by atoms with Crippen LogP contribution in [-0.4, -0.2) is 64.8 Å². The number of hydrogen-bond donors (Lipinski definition) is 6. The van der Waals surface area contributed by atoms with Gasteiger partial charge in [-0.05, 0) is 58.0 Å². The molecular formula is C45H45N5O7. The van der Waals surface area contributed by atoms with Gasteiger partial charge in [0.2, 0.25) is 29.5 Å². The van der Waals surface area contributed by atoms with Gasteiger partial charge in [-0.2, -0.15) is 0 Å². The van der Waals surface area contributed by atoms with Gasteiger partial charge in [0.1, 0.15) is 24.2 Å². The van der Waals surface area contributed by atoms with Gasteiger partial charge in [-0.15, -0.1) is 0 Å². The molecule has 0 saturated heterocycles. The second-order valence-electron chi connectivity index (χ2n) is 14.2. The quantitative estimate of drug-likeness (QED) is 0.128. The van der Waals surface area contributed by atoms with Crippen LogP contribution < -0.4 is 26.6 Å². The fourth-order valence-corrected chi connectivity index (χ4v) is 6.79. The lowest BCUT2D eigenvalue weighted by molar-refractivity contribution is -0.142. The van der Waals surface area contributed by atoms with Crippen molar-refractivity contribution in [2.45, 2.75) is 69.1 Å². The molecule has 6 N–H and O–H groups in total. The van der Waals surface area contributed by atoms with Crippen LogP contribution in [0.2, 0.25) is 0 Å². The molecule has 2 heterocycles. The molecule has 2 aliphatic heterocycles. The summed E-state index contributed by atoms with van der Waals surface area (Å²) in [6.45, 7) is 0. The zero-order valence-corrected chi connectivity index (χ0v) is 31.3. The molecule has 0 aliphatic carbocycles. The van der Waals surface area contributed by atoms with Gasteiger partial charge in [0, 0.05) is 37.8 Å². The molecule has 5 aromatic carbocycles. The molecule has 57 heavy (non-hydrogen) atoms. The molecule has 0 unspecified atom stereocenters. The van der Waals surface area contributed by atoms with Crippen molar-refractivity contribution in [3.8, 4) is 0 Å². The number of aryl methyl sites for hydroxylation is 1. The van der Waals surface area contributed by atoms with E-state index in [0.717, 1.165) is 21.9 Å². The van der Waals surface area contributed by atoms with E-state index in [1.807, 2.05) is 78.9 Å². The molecule has 5 aromatic rings. The first-order chi connectivity index (χ1) is 27.6. The molecule has 12 heteroatoms. The van der Waals surface area contributed by atoms with Crippen LogP contribution >= 0.6 is 0 Å². The van der Waals surface area contributed by atoms with Gasteiger partial charge < -0.3 is 31.7 Å². The van der Waals surface area contributed by atoms with E-state index in [0.29, 0.717) is 23.2 Å². The third kappa shape index (κ3) is 11.6. The highest BCUT2D eigenvalue weighted by Gasteiger charge is 2.32. The van der Waals surface area contributed by atoms with Crippen molar-refractivity contribution < 1.29 is 33.9 Å². The summed E-state index contributed by atoms with van der Waals surface area (Å²) >= 11 is 0. The number of carboxylic acids is 1. The Kier molecular flexibility index (Phi) is 13.4. The maximum Gasteiger partial charge on any atom is 0.326 e. The Labute approximate surface area is 330 Å². The minimum Gasteiger partial charge on any atom is -0.480 e. The van der Waals surface area contributed by atoms with Crippen molar-refractivity contribution in [3.63, 3.8) is 0 Å². The largest absolute Gasteiger partial charge is 0.480 e. The van der Waals surface area contributed by atoms with E-state index in [9.17, 15) is 33.9 Å². The minimum atomic E-state index is -1.35. The summed E-state index contributed by atoms with van der Waals surface area (Å²) in [6, 6.07) is 33.5. The number of anilines is 1. The van der Waals surface area contributed by atoms with Gasteiger partial charge in [-0.1, -0.05) is 115 Å². The van der Waals surface area contributed by atoms with Crippen molar-refractivity contribution in [1.82, 2.24) is 21.3 Å². The molecule has 0 aromatic heterocycles. The third-order valence-corrected chi connectivity index (χ3v) is 9.89. The molecule has 4 atom stereocenters. The Morgan fingerprint density at radius 2 is 1.11 bits per heavy atom.